The van der Waals surface area contributed by atoms with Crippen LogP contribution in [-0.2, 0) is 42.7 Å². The summed E-state index contributed by atoms with van der Waals surface area (Å²) in [7, 11) is 1.72. The maximum atomic E-state index is 15.0. The predicted molar refractivity (Wildman–Crippen MR) is 232 cm³/mol. The molecule has 2 N–H and O–H groups in total. The standard InChI is InChI=1S/C40H36ClF6N9OS.2C2H6/c1-21-48-14-15-55(21)39(2,3)12-10-25-6-7-26(27-8-9-29(41)32-35(27)54(4)52-38(32)53-58-5)33(49-25)30(18-22-16-23(42)19-24(43)17-22)50-31(57)20-56-36-28(11-13-40(36,46)47)34(51-56)37(44)45;2*1-2/h6-9,14-17,19,30,37H,11,13,18,20H2,1-5H3,(H,50,57)(H,52,53);2*1-2H3. The highest BCUT2D eigenvalue weighted by atomic mass is 35.5. The zero-order valence-electron chi connectivity index (χ0n) is 35.8. The summed E-state index contributed by atoms with van der Waals surface area (Å²) < 4.78 is 94.5. The molecule has 6 aromatic rings. The van der Waals surface area contributed by atoms with E-state index in [9.17, 15) is 22.4 Å². The first-order valence-corrected chi connectivity index (χ1v) is 21.6. The van der Waals surface area contributed by atoms with E-state index in [1.807, 2.05) is 59.3 Å². The second kappa shape index (κ2) is 19.7. The Hall–Kier alpha value is -5.47. The lowest BCUT2D eigenvalue weighted by atomic mass is 9.93. The number of nitrogens with one attached hydrogen (secondary N) is 2. The Bertz CT molecular complexity index is 2610. The smallest absolute Gasteiger partial charge is 0.290 e. The van der Waals surface area contributed by atoms with E-state index in [0.717, 1.165) is 18.0 Å². The van der Waals surface area contributed by atoms with Crippen molar-refractivity contribution < 1.29 is 31.1 Å². The summed E-state index contributed by atoms with van der Waals surface area (Å²) in [5.74, 6) is 1.42. The third-order valence-electron chi connectivity index (χ3n) is 9.92. The Kier molecular flexibility index (Phi) is 15.1. The molecule has 1 aliphatic carbocycles. The number of fused-ring (bicyclic) bond motifs is 2. The van der Waals surface area contributed by atoms with E-state index in [4.69, 9.17) is 16.6 Å². The molecule has 10 nitrogen and oxygen atoms in total. The lowest BCUT2D eigenvalue weighted by Gasteiger charge is -2.23. The molecular weight excluding hydrogens is 852 g/mol. The normalized spacial score (nSPS) is 13.4. The average Bonchev–Trinajstić information content (AvgIpc) is 3.99. The molecule has 0 aliphatic heterocycles. The third kappa shape index (κ3) is 9.92. The van der Waals surface area contributed by atoms with Crippen LogP contribution < -0.4 is 10.0 Å². The maximum Gasteiger partial charge on any atom is 0.290 e. The third-order valence-corrected chi connectivity index (χ3v) is 10.6. The van der Waals surface area contributed by atoms with Crippen molar-refractivity contribution in [3.63, 3.8) is 0 Å². The molecule has 0 radical (unpaired) electrons. The molecule has 1 atom stereocenters. The van der Waals surface area contributed by atoms with Crippen molar-refractivity contribution in [2.24, 2.45) is 7.05 Å². The molecule has 2 aromatic carbocycles. The molecule has 62 heavy (non-hydrogen) atoms. The van der Waals surface area contributed by atoms with Gasteiger partial charge in [-0.1, -0.05) is 63.2 Å². The van der Waals surface area contributed by atoms with Crippen molar-refractivity contribution in [3.8, 4) is 23.0 Å². The number of halogens is 7. The Morgan fingerprint density at radius 2 is 1.69 bits per heavy atom. The molecule has 0 saturated carbocycles. The second-order valence-corrected chi connectivity index (χ2v) is 15.4. The number of imidazole rings is 1. The molecule has 1 unspecified atom stereocenters. The monoisotopic (exact) mass is 899 g/mol. The number of amides is 1. The van der Waals surface area contributed by atoms with E-state index < -0.39 is 65.8 Å². The molecule has 0 saturated heterocycles. The van der Waals surface area contributed by atoms with Gasteiger partial charge in [0.15, 0.2) is 5.82 Å². The Morgan fingerprint density at radius 1 is 1.02 bits per heavy atom. The summed E-state index contributed by atoms with van der Waals surface area (Å²) >= 11 is 8.03. The van der Waals surface area contributed by atoms with Gasteiger partial charge in [0.1, 0.15) is 46.6 Å². The lowest BCUT2D eigenvalue weighted by Crippen LogP contribution is -2.35. The van der Waals surface area contributed by atoms with E-state index in [0.29, 0.717) is 43.6 Å². The van der Waals surface area contributed by atoms with Gasteiger partial charge in [0.25, 0.3) is 12.3 Å². The molecule has 330 valence electrons. The molecular formula is C44H48ClF6N9OS. The zero-order chi connectivity index (χ0) is 45.7. The minimum atomic E-state index is -3.49. The molecule has 0 fully saturated rings. The Labute approximate surface area is 366 Å². The van der Waals surface area contributed by atoms with Crippen LogP contribution in [0.15, 0.2) is 54.9 Å². The summed E-state index contributed by atoms with van der Waals surface area (Å²) in [4.78, 5) is 23.2. The molecule has 4 aromatic heterocycles. The van der Waals surface area contributed by atoms with Crippen molar-refractivity contribution in [1.29, 1.82) is 0 Å². The van der Waals surface area contributed by atoms with Crippen LogP contribution in [0.4, 0.5) is 32.2 Å². The largest absolute Gasteiger partial charge is 0.346 e. The summed E-state index contributed by atoms with van der Waals surface area (Å²) in [5.41, 5.74) is -0.412. The fourth-order valence-corrected chi connectivity index (χ4v) is 8.05. The highest BCUT2D eigenvalue weighted by molar-refractivity contribution is 7.99. The van der Waals surface area contributed by atoms with Crippen LogP contribution in [0.25, 0.3) is 22.0 Å². The van der Waals surface area contributed by atoms with Gasteiger partial charge in [-0.3, -0.25) is 14.2 Å². The van der Waals surface area contributed by atoms with Gasteiger partial charge in [0.05, 0.1) is 27.7 Å². The van der Waals surface area contributed by atoms with Gasteiger partial charge in [-0.25, -0.2) is 27.5 Å². The number of benzene rings is 2. The number of alkyl halides is 4. The number of aryl methyl sites for hydroxylation is 2. The number of pyridine rings is 1. The van der Waals surface area contributed by atoms with Gasteiger partial charge >= 0.3 is 0 Å². The van der Waals surface area contributed by atoms with Crippen LogP contribution in [0.2, 0.25) is 5.02 Å². The van der Waals surface area contributed by atoms with Crippen molar-refractivity contribution >= 4 is 46.2 Å². The second-order valence-electron chi connectivity index (χ2n) is 14.4. The minimum Gasteiger partial charge on any atom is -0.346 e. The molecule has 1 aliphatic rings. The summed E-state index contributed by atoms with van der Waals surface area (Å²) in [6, 6.07) is 8.53. The molecule has 0 bridgehead atoms. The number of rotatable bonds is 11. The number of hydrogen-bond donors (Lipinski definition) is 2. The molecule has 0 spiro atoms. The Morgan fingerprint density at radius 3 is 2.32 bits per heavy atom. The highest BCUT2D eigenvalue weighted by Gasteiger charge is 2.46. The SMILES string of the molecule is CC.CC.CSNc1nn(C)c2c(-c3ccc(C#CC(C)(C)n4ccnc4C)nc3C(Cc3cc(F)cc(F)c3)NC(=O)Cn3nc(C(F)F)c4c3C(F)(F)CC4)ccc(Cl)c12. The maximum absolute atomic E-state index is 15.0. The Balaban J connectivity index is 0.00000176. The van der Waals surface area contributed by atoms with E-state index in [2.05, 4.69) is 37.1 Å². The van der Waals surface area contributed by atoms with E-state index in [1.165, 1.54) is 11.9 Å². The number of hydrogen-bond acceptors (Lipinski definition) is 7. The van der Waals surface area contributed by atoms with Crippen molar-refractivity contribution in [2.45, 2.75) is 98.2 Å². The summed E-state index contributed by atoms with van der Waals surface area (Å²) in [6.45, 7) is 12.8. The van der Waals surface area contributed by atoms with Crippen molar-refractivity contribution in [3.05, 3.63) is 111 Å². The van der Waals surface area contributed by atoms with Crippen LogP contribution in [0.1, 0.15) is 100 Å². The molecule has 7 rings (SSSR count). The van der Waals surface area contributed by atoms with Gasteiger partial charge in [-0.05, 0) is 75.4 Å². The van der Waals surface area contributed by atoms with Gasteiger partial charge in [-0.15, -0.1) is 0 Å². The van der Waals surface area contributed by atoms with Crippen LogP contribution in [0, 0.1) is 30.4 Å². The predicted octanol–water partition coefficient (Wildman–Crippen LogP) is 10.9. The van der Waals surface area contributed by atoms with Gasteiger partial charge in [0, 0.05) is 54.9 Å². The first-order chi connectivity index (χ1) is 29.5. The average molecular weight is 900 g/mol. The van der Waals surface area contributed by atoms with Crippen LogP contribution >= 0.6 is 23.5 Å². The highest BCUT2D eigenvalue weighted by Crippen LogP contribution is 2.45. The van der Waals surface area contributed by atoms with Gasteiger partial charge in [0.2, 0.25) is 5.91 Å². The number of carbonyl (C=O) groups excluding carboxylic acids is 1. The minimum absolute atomic E-state index is 0.128. The number of carbonyl (C=O) groups is 1. The van der Waals surface area contributed by atoms with E-state index >= 15 is 8.78 Å². The topological polar surface area (TPSA) is 107 Å². The fraction of sp³-hybridized carbons (Fsp3) is 0.386. The molecule has 1 amide bonds. The summed E-state index contributed by atoms with van der Waals surface area (Å²) in [5, 5.41) is 12.1. The zero-order valence-corrected chi connectivity index (χ0v) is 37.3. The number of anilines is 1. The molecule has 18 heteroatoms. The number of aromatic nitrogens is 7. The van der Waals surface area contributed by atoms with Crippen LogP contribution in [-0.4, -0.2) is 46.3 Å². The summed E-state index contributed by atoms with van der Waals surface area (Å²) in [6.07, 6.45) is 0.864. The molecule has 4 heterocycles. The number of nitrogens with zero attached hydrogens (tertiary/aromatic N) is 7. The van der Waals surface area contributed by atoms with Crippen LogP contribution in [0.3, 0.4) is 0 Å². The van der Waals surface area contributed by atoms with Crippen molar-refractivity contribution in [2.75, 3.05) is 11.0 Å². The first-order valence-electron chi connectivity index (χ1n) is 20.0. The lowest BCUT2D eigenvalue weighted by molar-refractivity contribution is -0.122. The fourth-order valence-electron chi connectivity index (χ4n) is 7.47. The van der Waals surface area contributed by atoms with Crippen molar-refractivity contribution in [1.82, 2.24) is 39.4 Å². The quantitative estimate of drug-likeness (QED) is 0.0757. The van der Waals surface area contributed by atoms with Crippen LogP contribution in [0.5, 0.6) is 0 Å². The van der Waals surface area contributed by atoms with E-state index in [1.54, 1.807) is 48.4 Å². The first kappa shape index (κ1) is 47.6. The van der Waals surface area contributed by atoms with Gasteiger partial charge in [-0.2, -0.15) is 19.0 Å². The van der Waals surface area contributed by atoms with Gasteiger partial charge < -0.3 is 14.6 Å². The van der Waals surface area contributed by atoms with E-state index in [-0.39, 0.29) is 35.4 Å².